The lowest BCUT2D eigenvalue weighted by Gasteiger charge is -2.34. The Labute approximate surface area is 175 Å². The zero-order valence-corrected chi connectivity index (χ0v) is 18.0. The fourth-order valence-corrected chi connectivity index (χ4v) is 4.40. The number of hydrogen-bond donors (Lipinski definition) is 2. The molecule has 0 aromatic heterocycles. The maximum absolute atomic E-state index is 13.2. The predicted octanol–water partition coefficient (Wildman–Crippen LogP) is -0.680. The third kappa shape index (κ3) is 5.81. The number of carbonyl (C=O) groups is 2. The first-order valence-electron chi connectivity index (χ1n) is 9.25. The lowest BCUT2D eigenvalue weighted by Crippen LogP contribution is -2.53. The molecule has 0 spiro atoms. The Morgan fingerprint density at radius 3 is 2.50 bits per heavy atom. The van der Waals surface area contributed by atoms with Gasteiger partial charge in [-0.15, -0.1) is 0 Å². The van der Waals surface area contributed by atoms with Crippen LogP contribution < -0.4 is 20.1 Å². The summed E-state index contributed by atoms with van der Waals surface area (Å²) in [4.78, 5) is 23.7. The summed E-state index contributed by atoms with van der Waals surface area (Å²) in [5.41, 5.74) is 0. The molecule has 1 aromatic rings. The minimum atomic E-state index is -3.95. The molecule has 1 aromatic carbocycles. The Hall–Kier alpha value is -2.41. The second-order valence-corrected chi connectivity index (χ2v) is 8.16. The summed E-state index contributed by atoms with van der Waals surface area (Å²) in [7, 11) is 0.386. The molecule has 2 rings (SSSR count). The number of carbonyl (C=O) groups excluding carboxylic acids is 2. The Kier molecular flexibility index (Phi) is 8.84. The van der Waals surface area contributed by atoms with Gasteiger partial charge in [0, 0.05) is 26.3 Å². The van der Waals surface area contributed by atoms with E-state index in [-0.39, 0.29) is 36.9 Å². The van der Waals surface area contributed by atoms with Crippen molar-refractivity contribution in [2.24, 2.45) is 0 Å². The van der Waals surface area contributed by atoms with Crippen LogP contribution in [0.2, 0.25) is 0 Å². The van der Waals surface area contributed by atoms with Crippen LogP contribution in [0.15, 0.2) is 23.1 Å². The molecule has 0 radical (unpaired) electrons. The van der Waals surface area contributed by atoms with Gasteiger partial charge >= 0.3 is 11.8 Å². The van der Waals surface area contributed by atoms with Gasteiger partial charge in [0.1, 0.15) is 6.23 Å². The second-order valence-electron chi connectivity index (χ2n) is 6.27. The number of nitrogens with zero attached hydrogens (tertiary/aromatic N) is 1. The van der Waals surface area contributed by atoms with Crippen LogP contribution in [0.1, 0.15) is 6.42 Å². The number of nitrogens with one attached hydrogen (secondary N) is 2. The molecule has 1 aliphatic heterocycles. The Morgan fingerprint density at radius 1 is 1.13 bits per heavy atom. The van der Waals surface area contributed by atoms with Gasteiger partial charge in [-0.2, -0.15) is 4.31 Å². The molecule has 168 valence electrons. The van der Waals surface area contributed by atoms with E-state index in [0.29, 0.717) is 18.8 Å². The van der Waals surface area contributed by atoms with Gasteiger partial charge in [0.25, 0.3) is 0 Å². The number of methoxy groups -OCH3 is 3. The molecule has 1 saturated heterocycles. The van der Waals surface area contributed by atoms with Crippen LogP contribution in [-0.4, -0.2) is 84.9 Å². The summed E-state index contributed by atoms with van der Waals surface area (Å²) in [5.74, 6) is -1.05. The highest BCUT2D eigenvalue weighted by molar-refractivity contribution is 7.89. The highest BCUT2D eigenvalue weighted by Gasteiger charge is 2.35. The number of amides is 2. The van der Waals surface area contributed by atoms with E-state index in [9.17, 15) is 18.0 Å². The van der Waals surface area contributed by atoms with E-state index >= 15 is 0 Å². The molecule has 1 atom stereocenters. The number of rotatable bonds is 9. The van der Waals surface area contributed by atoms with Crippen molar-refractivity contribution in [2.75, 3.05) is 54.2 Å². The predicted molar refractivity (Wildman–Crippen MR) is 106 cm³/mol. The summed E-state index contributed by atoms with van der Waals surface area (Å²) in [6.45, 7) is 0.809. The minimum Gasteiger partial charge on any atom is -0.493 e. The van der Waals surface area contributed by atoms with E-state index in [0.717, 1.165) is 4.31 Å². The fraction of sp³-hybridized carbons (Fsp3) is 0.556. The van der Waals surface area contributed by atoms with Crippen LogP contribution in [0.5, 0.6) is 11.5 Å². The smallest absolute Gasteiger partial charge is 0.309 e. The van der Waals surface area contributed by atoms with E-state index in [1.807, 2.05) is 0 Å². The first-order chi connectivity index (χ1) is 14.3. The number of sulfonamides is 1. The Morgan fingerprint density at radius 2 is 1.83 bits per heavy atom. The summed E-state index contributed by atoms with van der Waals surface area (Å²) < 4.78 is 48.1. The molecule has 30 heavy (non-hydrogen) atoms. The zero-order valence-electron chi connectivity index (χ0n) is 17.2. The van der Waals surface area contributed by atoms with Crippen molar-refractivity contribution < 1.29 is 37.0 Å². The van der Waals surface area contributed by atoms with Crippen molar-refractivity contribution in [1.82, 2.24) is 14.9 Å². The van der Waals surface area contributed by atoms with Gasteiger partial charge in [-0.25, -0.2) is 8.42 Å². The molecule has 1 aliphatic rings. The molecule has 12 heteroatoms. The Bertz CT molecular complexity index is 846. The number of ether oxygens (including phenoxy) is 4. The van der Waals surface area contributed by atoms with Gasteiger partial charge in [-0.1, -0.05) is 0 Å². The summed E-state index contributed by atoms with van der Waals surface area (Å²) in [6.07, 6.45) is -0.457. The monoisotopic (exact) mass is 445 g/mol. The van der Waals surface area contributed by atoms with E-state index < -0.39 is 28.1 Å². The molecule has 0 bridgehead atoms. The quantitative estimate of drug-likeness (QED) is 0.377. The third-order valence-corrected chi connectivity index (χ3v) is 6.24. The van der Waals surface area contributed by atoms with Crippen LogP contribution in [0.3, 0.4) is 0 Å². The van der Waals surface area contributed by atoms with Gasteiger partial charge < -0.3 is 29.6 Å². The second kappa shape index (κ2) is 11.1. The number of benzene rings is 1. The number of hydrogen-bond acceptors (Lipinski definition) is 8. The largest absolute Gasteiger partial charge is 0.493 e. The van der Waals surface area contributed by atoms with Crippen molar-refractivity contribution in [1.29, 1.82) is 0 Å². The fourth-order valence-electron chi connectivity index (χ4n) is 2.82. The molecule has 11 nitrogen and oxygen atoms in total. The molecule has 1 unspecified atom stereocenters. The first-order valence-corrected chi connectivity index (χ1v) is 10.7. The van der Waals surface area contributed by atoms with Crippen molar-refractivity contribution in [3.63, 3.8) is 0 Å². The molecule has 1 fully saturated rings. The van der Waals surface area contributed by atoms with Crippen LogP contribution in [0.25, 0.3) is 0 Å². The van der Waals surface area contributed by atoms with Crippen molar-refractivity contribution in [3.8, 4) is 11.5 Å². The average molecular weight is 445 g/mol. The molecule has 1 heterocycles. The summed E-state index contributed by atoms with van der Waals surface area (Å²) in [6, 6.07) is 4.27. The van der Waals surface area contributed by atoms with Gasteiger partial charge in [0.15, 0.2) is 11.5 Å². The molecule has 0 aliphatic carbocycles. The average Bonchev–Trinajstić information content (AvgIpc) is 2.77. The molecule has 2 N–H and O–H groups in total. The van der Waals surface area contributed by atoms with Crippen molar-refractivity contribution in [2.45, 2.75) is 17.5 Å². The summed E-state index contributed by atoms with van der Waals surface area (Å²) in [5, 5.41) is 4.79. The van der Waals surface area contributed by atoms with Gasteiger partial charge in [-0.3, -0.25) is 9.59 Å². The van der Waals surface area contributed by atoms with E-state index in [4.69, 9.17) is 18.9 Å². The molecular weight excluding hydrogens is 418 g/mol. The third-order valence-electron chi connectivity index (χ3n) is 4.35. The molecule has 2 amide bonds. The lowest BCUT2D eigenvalue weighted by atomic mass is 10.3. The van der Waals surface area contributed by atoms with Gasteiger partial charge in [-0.05, 0) is 18.6 Å². The zero-order chi connectivity index (χ0) is 22.1. The molecular formula is C18H27N3O8S. The summed E-state index contributed by atoms with van der Waals surface area (Å²) >= 11 is 0. The van der Waals surface area contributed by atoms with Crippen molar-refractivity contribution >= 4 is 21.8 Å². The highest BCUT2D eigenvalue weighted by Crippen LogP contribution is 2.31. The molecule has 0 saturated carbocycles. The van der Waals surface area contributed by atoms with Crippen LogP contribution in [-0.2, 0) is 29.1 Å². The van der Waals surface area contributed by atoms with Crippen LogP contribution >= 0.6 is 0 Å². The highest BCUT2D eigenvalue weighted by atomic mass is 32.2. The maximum atomic E-state index is 13.2. The van der Waals surface area contributed by atoms with Gasteiger partial charge in [0.05, 0.1) is 38.9 Å². The normalized spacial score (nSPS) is 17.2. The van der Waals surface area contributed by atoms with E-state index in [1.165, 1.54) is 39.5 Å². The first kappa shape index (κ1) is 23.9. The van der Waals surface area contributed by atoms with E-state index in [2.05, 4.69) is 10.6 Å². The standard InChI is InChI=1S/C18H27N3O8S/c1-26-10-7-19-17(22)18(23)20-12-16-21(8-4-9-29-16)30(24,25)13-5-6-14(27-2)15(11-13)28-3/h5-6,11,16H,4,7-10,12H2,1-3H3,(H,19,22)(H,20,23). The van der Waals surface area contributed by atoms with Crippen LogP contribution in [0, 0.1) is 0 Å². The lowest BCUT2D eigenvalue weighted by molar-refractivity contribution is -0.140. The SMILES string of the molecule is COCCNC(=O)C(=O)NCC1OCCCN1S(=O)(=O)c1ccc(OC)c(OC)c1. The van der Waals surface area contributed by atoms with Gasteiger partial charge in [0.2, 0.25) is 10.0 Å². The maximum Gasteiger partial charge on any atom is 0.309 e. The topological polar surface area (TPSA) is 132 Å². The van der Waals surface area contributed by atoms with Crippen molar-refractivity contribution in [3.05, 3.63) is 18.2 Å². The minimum absolute atomic E-state index is 0.000662. The van der Waals surface area contributed by atoms with Crippen LogP contribution in [0.4, 0.5) is 0 Å². The van der Waals surface area contributed by atoms with E-state index in [1.54, 1.807) is 0 Å². The Balaban J connectivity index is 2.11.